The Kier molecular flexibility index (Phi) is 1.61. The molecule has 1 heteroatoms. The summed E-state index contributed by atoms with van der Waals surface area (Å²) < 4.78 is 0. The first-order chi connectivity index (χ1) is 5.57. The van der Waals surface area contributed by atoms with E-state index in [2.05, 4.69) is 20.8 Å². The second-order valence-corrected chi connectivity index (χ2v) is 5.26. The highest BCUT2D eigenvalue weighted by atomic mass is 16.1. The molecule has 0 aromatic heterocycles. The lowest BCUT2D eigenvalue weighted by Gasteiger charge is -2.61. The van der Waals surface area contributed by atoms with Crippen molar-refractivity contribution in [2.45, 2.75) is 33.6 Å². The zero-order valence-corrected chi connectivity index (χ0v) is 8.21. The van der Waals surface area contributed by atoms with E-state index in [1.54, 1.807) is 0 Å². The average Bonchev–Trinajstić information content (AvgIpc) is 2.03. The highest BCUT2D eigenvalue weighted by Gasteiger charge is 2.55. The number of aldehydes is 1. The van der Waals surface area contributed by atoms with Gasteiger partial charge >= 0.3 is 0 Å². The highest BCUT2D eigenvalue weighted by molar-refractivity contribution is 5.55. The number of rotatable bonds is 1. The number of hydrogen-bond donors (Lipinski definition) is 0. The molecule has 3 aliphatic carbocycles. The molecule has 0 aromatic rings. The van der Waals surface area contributed by atoms with Crippen molar-refractivity contribution in [2.75, 3.05) is 0 Å². The van der Waals surface area contributed by atoms with Gasteiger partial charge in [-0.05, 0) is 36.0 Å². The Morgan fingerprint density at radius 3 is 2.42 bits per heavy atom. The van der Waals surface area contributed by atoms with Gasteiger partial charge in [0.2, 0.25) is 0 Å². The Labute approximate surface area is 74.5 Å². The monoisotopic (exact) mass is 166 g/mol. The van der Waals surface area contributed by atoms with Crippen LogP contribution in [0.4, 0.5) is 0 Å². The van der Waals surface area contributed by atoms with E-state index in [0.29, 0.717) is 17.3 Å². The van der Waals surface area contributed by atoms with Gasteiger partial charge in [-0.3, -0.25) is 0 Å². The molecule has 2 bridgehead atoms. The molecule has 3 aliphatic rings. The van der Waals surface area contributed by atoms with E-state index in [0.717, 1.165) is 18.3 Å². The van der Waals surface area contributed by atoms with Crippen molar-refractivity contribution in [1.29, 1.82) is 0 Å². The van der Waals surface area contributed by atoms with Gasteiger partial charge in [-0.15, -0.1) is 0 Å². The Balaban J connectivity index is 2.16. The van der Waals surface area contributed by atoms with E-state index in [1.807, 2.05) is 0 Å². The van der Waals surface area contributed by atoms with Crippen LogP contribution in [0.1, 0.15) is 33.6 Å². The standard InChI is InChI=1S/C11H18O/c1-7-8(6-12)4-9-5-10(7)11(9,2)3/h6-10H,4-5H2,1-3H3/t7-,8-,9+,10-/m0/s1. The largest absolute Gasteiger partial charge is 0.303 e. The maximum Gasteiger partial charge on any atom is 0.123 e. The lowest BCUT2D eigenvalue weighted by molar-refractivity contribution is -0.142. The maximum absolute atomic E-state index is 10.7. The van der Waals surface area contributed by atoms with Gasteiger partial charge in [0.05, 0.1) is 0 Å². The third-order valence-electron chi connectivity index (χ3n) is 4.59. The fraction of sp³-hybridized carbons (Fsp3) is 0.909. The van der Waals surface area contributed by atoms with E-state index in [1.165, 1.54) is 12.7 Å². The molecule has 0 heterocycles. The lowest BCUT2D eigenvalue weighted by Crippen LogP contribution is -2.55. The minimum absolute atomic E-state index is 0.363. The molecule has 0 unspecified atom stereocenters. The summed E-state index contributed by atoms with van der Waals surface area (Å²) in [5.41, 5.74) is 0.527. The quantitative estimate of drug-likeness (QED) is 0.547. The van der Waals surface area contributed by atoms with Crippen LogP contribution in [-0.2, 0) is 4.79 Å². The summed E-state index contributed by atoms with van der Waals surface area (Å²) in [5.74, 6) is 2.63. The third-order valence-corrected chi connectivity index (χ3v) is 4.59. The third kappa shape index (κ3) is 0.826. The van der Waals surface area contributed by atoms with E-state index in [9.17, 15) is 4.79 Å². The van der Waals surface area contributed by atoms with Crippen LogP contribution in [0.15, 0.2) is 0 Å². The normalized spacial score (nSPS) is 49.6. The lowest BCUT2D eigenvalue weighted by atomic mass is 9.44. The molecule has 0 aromatic carbocycles. The van der Waals surface area contributed by atoms with Crippen molar-refractivity contribution >= 4 is 6.29 Å². The summed E-state index contributed by atoms with van der Waals surface area (Å²) in [6, 6.07) is 0. The summed E-state index contributed by atoms with van der Waals surface area (Å²) in [4.78, 5) is 10.7. The van der Waals surface area contributed by atoms with Crippen molar-refractivity contribution in [3.8, 4) is 0 Å². The van der Waals surface area contributed by atoms with Crippen molar-refractivity contribution in [1.82, 2.24) is 0 Å². The summed E-state index contributed by atoms with van der Waals surface area (Å²) in [5, 5.41) is 0. The molecule has 0 N–H and O–H groups in total. The van der Waals surface area contributed by atoms with E-state index < -0.39 is 0 Å². The Morgan fingerprint density at radius 1 is 1.33 bits per heavy atom. The van der Waals surface area contributed by atoms with Crippen molar-refractivity contribution in [3.63, 3.8) is 0 Å². The zero-order chi connectivity index (χ0) is 8.93. The molecule has 3 rings (SSSR count). The molecule has 12 heavy (non-hydrogen) atoms. The molecule has 0 saturated heterocycles. The van der Waals surface area contributed by atoms with E-state index >= 15 is 0 Å². The Morgan fingerprint density at radius 2 is 2.00 bits per heavy atom. The van der Waals surface area contributed by atoms with Crippen molar-refractivity contribution < 1.29 is 4.79 Å². The molecule has 0 spiro atoms. The van der Waals surface area contributed by atoms with Gasteiger partial charge in [0, 0.05) is 5.92 Å². The predicted molar refractivity (Wildman–Crippen MR) is 48.7 cm³/mol. The first kappa shape index (κ1) is 8.28. The molecular weight excluding hydrogens is 148 g/mol. The first-order valence-electron chi connectivity index (χ1n) is 5.02. The van der Waals surface area contributed by atoms with Crippen LogP contribution < -0.4 is 0 Å². The second-order valence-electron chi connectivity index (χ2n) is 5.26. The number of hydrogen-bond acceptors (Lipinski definition) is 1. The molecule has 0 amide bonds. The van der Waals surface area contributed by atoms with Crippen molar-refractivity contribution in [3.05, 3.63) is 0 Å². The highest BCUT2D eigenvalue weighted by Crippen LogP contribution is 2.62. The van der Waals surface area contributed by atoms with Crippen molar-refractivity contribution in [2.24, 2.45) is 29.1 Å². The van der Waals surface area contributed by atoms with Gasteiger partial charge < -0.3 is 4.79 Å². The minimum Gasteiger partial charge on any atom is -0.303 e. The Bertz CT molecular complexity index is 207. The van der Waals surface area contributed by atoms with Gasteiger partial charge in [-0.25, -0.2) is 0 Å². The molecule has 68 valence electrons. The molecule has 0 radical (unpaired) electrons. The smallest absolute Gasteiger partial charge is 0.123 e. The van der Waals surface area contributed by atoms with Crippen LogP contribution in [0.25, 0.3) is 0 Å². The summed E-state index contributed by atoms with van der Waals surface area (Å²) in [7, 11) is 0. The van der Waals surface area contributed by atoms with Gasteiger partial charge in [0.1, 0.15) is 6.29 Å². The summed E-state index contributed by atoms with van der Waals surface area (Å²) in [6.07, 6.45) is 3.70. The van der Waals surface area contributed by atoms with Crippen LogP contribution in [0, 0.1) is 29.1 Å². The number of fused-ring (bicyclic) bond motifs is 2. The zero-order valence-electron chi connectivity index (χ0n) is 8.21. The molecule has 0 aliphatic heterocycles. The van der Waals surface area contributed by atoms with Gasteiger partial charge in [0.15, 0.2) is 0 Å². The van der Waals surface area contributed by atoms with Crippen LogP contribution in [0.5, 0.6) is 0 Å². The average molecular weight is 166 g/mol. The second kappa shape index (κ2) is 2.34. The maximum atomic E-state index is 10.7. The fourth-order valence-corrected chi connectivity index (χ4v) is 3.37. The SMILES string of the molecule is C[C@H]1[C@H](C=O)C[C@@H]2C[C@@H]1C2(C)C. The Hall–Kier alpha value is -0.330. The minimum atomic E-state index is 0.363. The topological polar surface area (TPSA) is 17.1 Å². The van der Waals surface area contributed by atoms with Crippen LogP contribution in [0.2, 0.25) is 0 Å². The van der Waals surface area contributed by atoms with Gasteiger partial charge in [-0.1, -0.05) is 20.8 Å². The van der Waals surface area contributed by atoms with E-state index in [-0.39, 0.29) is 0 Å². The summed E-state index contributed by atoms with van der Waals surface area (Å²) >= 11 is 0. The molecule has 4 atom stereocenters. The molecular formula is C11H18O. The van der Waals surface area contributed by atoms with Gasteiger partial charge in [-0.2, -0.15) is 0 Å². The van der Waals surface area contributed by atoms with E-state index in [4.69, 9.17) is 0 Å². The predicted octanol–water partition coefficient (Wildman–Crippen LogP) is 2.50. The summed E-state index contributed by atoms with van der Waals surface area (Å²) in [6.45, 7) is 6.98. The molecule has 3 saturated carbocycles. The number of carbonyl (C=O) groups excluding carboxylic acids is 1. The molecule has 3 fully saturated rings. The van der Waals surface area contributed by atoms with Crippen LogP contribution in [0.3, 0.4) is 0 Å². The molecule has 1 nitrogen and oxygen atoms in total. The van der Waals surface area contributed by atoms with Crippen LogP contribution >= 0.6 is 0 Å². The van der Waals surface area contributed by atoms with Crippen LogP contribution in [-0.4, -0.2) is 6.29 Å². The fourth-order valence-electron chi connectivity index (χ4n) is 3.37. The van der Waals surface area contributed by atoms with Gasteiger partial charge in [0.25, 0.3) is 0 Å². The first-order valence-corrected chi connectivity index (χ1v) is 5.02. The number of carbonyl (C=O) groups is 1.